The molecule has 1 aliphatic heterocycles. The molecule has 4 atom stereocenters. The second kappa shape index (κ2) is 16.0. The largest absolute Gasteiger partial charge is 0.497 e. The number of nitrogens with one attached hydrogen (secondary N) is 2. The molecule has 0 spiro atoms. The van der Waals surface area contributed by atoms with E-state index in [1.54, 1.807) is 67.3 Å². The third-order valence-electron chi connectivity index (χ3n) is 7.50. The van der Waals surface area contributed by atoms with Crippen molar-refractivity contribution < 1.29 is 37.3 Å². The number of ether oxygens (including phenoxy) is 3. The third-order valence-corrected chi connectivity index (χ3v) is 8.10. The number of hydrogen-bond acceptors (Lipinski definition) is 8. The van der Waals surface area contributed by atoms with Crippen LogP contribution in [0.3, 0.4) is 0 Å². The van der Waals surface area contributed by atoms with Crippen LogP contribution in [0, 0.1) is 5.92 Å². The van der Waals surface area contributed by atoms with Gasteiger partial charge in [-0.15, -0.1) is 0 Å². The Morgan fingerprint density at radius 2 is 1.84 bits per heavy atom. The minimum atomic E-state index is -3.59. The summed E-state index contributed by atoms with van der Waals surface area (Å²) in [6.07, 6.45) is 2.71. The lowest BCUT2D eigenvalue weighted by atomic mass is 10.0. The summed E-state index contributed by atoms with van der Waals surface area (Å²) in [6, 6.07) is 10.8. The first-order valence-electron chi connectivity index (χ1n) is 14.8. The van der Waals surface area contributed by atoms with Crippen molar-refractivity contribution in [1.82, 2.24) is 9.80 Å². The fourth-order valence-electron chi connectivity index (χ4n) is 4.91. The van der Waals surface area contributed by atoms with E-state index in [0.29, 0.717) is 30.2 Å². The standard InChI is InChI=1S/C31H46N4O8S/c1-21-18-35(22(2)20-36)30(37)27-17-25(33-44(6,39)40)12-15-28(27)43-23(3)9-7-8-16-42-29(21)19-34(4)31(38)32-24-10-13-26(41-5)14-11-24/h10-15,17,21-23,29,33,36H,7-9,16,18-20H2,1-6H3,(H,32,38)/t21-,22+,23-,29+/m1/s1. The highest BCUT2D eigenvalue weighted by atomic mass is 32.2. The fraction of sp³-hybridized carbons (Fsp3) is 0.548. The van der Waals surface area contributed by atoms with Crippen molar-refractivity contribution >= 4 is 33.3 Å². The van der Waals surface area contributed by atoms with E-state index in [9.17, 15) is 23.1 Å². The highest BCUT2D eigenvalue weighted by Crippen LogP contribution is 2.29. The summed E-state index contributed by atoms with van der Waals surface area (Å²) >= 11 is 0. The molecule has 0 bridgehead atoms. The average Bonchev–Trinajstić information content (AvgIpc) is 2.98. The lowest BCUT2D eigenvalue weighted by molar-refractivity contribution is -0.0115. The van der Waals surface area contributed by atoms with Gasteiger partial charge in [0.1, 0.15) is 11.5 Å². The Morgan fingerprint density at radius 3 is 2.48 bits per heavy atom. The molecule has 0 unspecified atom stereocenters. The minimum absolute atomic E-state index is 0.184. The molecule has 1 heterocycles. The molecule has 2 aromatic carbocycles. The van der Waals surface area contributed by atoms with Gasteiger partial charge in [-0.3, -0.25) is 9.52 Å². The molecule has 3 amide bonds. The molecule has 13 heteroatoms. The van der Waals surface area contributed by atoms with E-state index in [0.717, 1.165) is 19.1 Å². The monoisotopic (exact) mass is 634 g/mol. The molecule has 12 nitrogen and oxygen atoms in total. The Balaban J connectivity index is 1.88. The minimum Gasteiger partial charge on any atom is -0.497 e. The van der Waals surface area contributed by atoms with E-state index >= 15 is 0 Å². The van der Waals surface area contributed by atoms with E-state index in [2.05, 4.69) is 10.0 Å². The molecule has 3 rings (SSSR count). The first-order chi connectivity index (χ1) is 20.8. The quantitative estimate of drug-likeness (QED) is 0.395. The van der Waals surface area contributed by atoms with Crippen molar-refractivity contribution in [3.63, 3.8) is 0 Å². The van der Waals surface area contributed by atoms with Gasteiger partial charge in [-0.05, 0) is 75.6 Å². The van der Waals surface area contributed by atoms with Crippen LogP contribution in [0.4, 0.5) is 16.2 Å². The number of anilines is 2. The number of aliphatic hydroxyl groups excluding tert-OH is 1. The van der Waals surface area contributed by atoms with Gasteiger partial charge in [0.05, 0.1) is 43.8 Å². The lowest BCUT2D eigenvalue weighted by Gasteiger charge is -2.35. The summed E-state index contributed by atoms with van der Waals surface area (Å²) in [7, 11) is -0.328. The van der Waals surface area contributed by atoms with Gasteiger partial charge in [0, 0.05) is 44.0 Å². The summed E-state index contributed by atoms with van der Waals surface area (Å²) in [6.45, 7) is 6.24. The van der Waals surface area contributed by atoms with E-state index < -0.39 is 28.1 Å². The molecule has 0 fully saturated rings. The van der Waals surface area contributed by atoms with Crippen LogP contribution in [0.25, 0.3) is 0 Å². The number of amides is 3. The zero-order valence-electron chi connectivity index (χ0n) is 26.4. The summed E-state index contributed by atoms with van der Waals surface area (Å²) in [4.78, 5) is 30.2. The van der Waals surface area contributed by atoms with E-state index in [1.165, 1.54) is 6.07 Å². The number of urea groups is 1. The average molecular weight is 635 g/mol. The summed E-state index contributed by atoms with van der Waals surface area (Å²) in [5.74, 6) is 0.358. The number of sulfonamides is 1. The van der Waals surface area contributed by atoms with Crippen molar-refractivity contribution in [3.8, 4) is 11.5 Å². The Labute approximate surface area is 260 Å². The molecule has 0 saturated heterocycles. The fourth-order valence-corrected chi connectivity index (χ4v) is 5.46. The second-order valence-corrected chi connectivity index (χ2v) is 13.2. The van der Waals surface area contributed by atoms with Crippen molar-refractivity contribution in [2.24, 2.45) is 5.92 Å². The molecular formula is C31H46N4O8S. The van der Waals surface area contributed by atoms with Gasteiger partial charge in [0.15, 0.2) is 0 Å². The van der Waals surface area contributed by atoms with Gasteiger partial charge in [-0.1, -0.05) is 6.92 Å². The Morgan fingerprint density at radius 1 is 1.16 bits per heavy atom. The van der Waals surface area contributed by atoms with E-state index in [-0.39, 0.29) is 49.0 Å². The number of aliphatic hydroxyl groups is 1. The van der Waals surface area contributed by atoms with Crippen molar-refractivity contribution in [2.75, 3.05) is 56.8 Å². The lowest BCUT2D eigenvalue weighted by Crippen LogP contribution is -2.48. The zero-order valence-corrected chi connectivity index (χ0v) is 27.2. The molecule has 44 heavy (non-hydrogen) atoms. The molecular weight excluding hydrogens is 588 g/mol. The van der Waals surface area contributed by atoms with Crippen molar-refractivity contribution in [2.45, 2.75) is 58.3 Å². The number of carbonyl (C=O) groups excluding carboxylic acids is 2. The topological polar surface area (TPSA) is 147 Å². The highest BCUT2D eigenvalue weighted by molar-refractivity contribution is 7.92. The van der Waals surface area contributed by atoms with Gasteiger partial charge in [0.2, 0.25) is 10.0 Å². The zero-order chi connectivity index (χ0) is 32.4. The number of methoxy groups -OCH3 is 1. The van der Waals surface area contributed by atoms with Gasteiger partial charge in [-0.25, -0.2) is 13.2 Å². The van der Waals surface area contributed by atoms with E-state index in [1.807, 2.05) is 13.8 Å². The Hall–Kier alpha value is -3.55. The Kier molecular flexibility index (Phi) is 12.7. The van der Waals surface area contributed by atoms with Gasteiger partial charge >= 0.3 is 6.03 Å². The van der Waals surface area contributed by atoms with Crippen LogP contribution in [-0.2, 0) is 14.8 Å². The first-order valence-corrected chi connectivity index (χ1v) is 16.7. The molecule has 3 N–H and O–H groups in total. The maximum atomic E-state index is 14.1. The normalized spacial score (nSPS) is 20.8. The number of rotatable bonds is 8. The predicted octanol–water partition coefficient (Wildman–Crippen LogP) is 4.03. The molecule has 0 saturated carbocycles. The number of fused-ring (bicyclic) bond motifs is 1. The van der Waals surface area contributed by atoms with Crippen LogP contribution in [-0.4, -0.2) is 100 Å². The van der Waals surface area contributed by atoms with Crippen molar-refractivity contribution in [1.29, 1.82) is 0 Å². The summed E-state index contributed by atoms with van der Waals surface area (Å²) in [5.41, 5.74) is 1.03. The molecule has 0 aromatic heterocycles. The summed E-state index contributed by atoms with van der Waals surface area (Å²) in [5, 5.41) is 13.0. The van der Waals surface area contributed by atoms with Crippen molar-refractivity contribution in [3.05, 3.63) is 48.0 Å². The van der Waals surface area contributed by atoms with Crippen LogP contribution in [0.15, 0.2) is 42.5 Å². The number of carbonyl (C=O) groups is 2. The predicted molar refractivity (Wildman–Crippen MR) is 170 cm³/mol. The third kappa shape index (κ3) is 10.3. The van der Waals surface area contributed by atoms with Gasteiger partial charge < -0.3 is 34.4 Å². The maximum absolute atomic E-state index is 14.1. The molecule has 244 valence electrons. The second-order valence-electron chi connectivity index (χ2n) is 11.4. The molecule has 0 radical (unpaired) electrons. The van der Waals surface area contributed by atoms with Crippen LogP contribution in [0.2, 0.25) is 0 Å². The molecule has 2 aromatic rings. The maximum Gasteiger partial charge on any atom is 0.321 e. The number of hydrogen-bond donors (Lipinski definition) is 3. The van der Waals surface area contributed by atoms with Crippen LogP contribution >= 0.6 is 0 Å². The van der Waals surface area contributed by atoms with Gasteiger partial charge in [0.25, 0.3) is 5.91 Å². The highest BCUT2D eigenvalue weighted by Gasteiger charge is 2.31. The number of nitrogens with zero attached hydrogens (tertiary/aromatic N) is 2. The van der Waals surface area contributed by atoms with Crippen LogP contribution in [0.5, 0.6) is 11.5 Å². The number of likely N-dealkylation sites (N-methyl/N-ethyl adjacent to an activating group) is 1. The van der Waals surface area contributed by atoms with Crippen LogP contribution in [0.1, 0.15) is 50.4 Å². The van der Waals surface area contributed by atoms with E-state index in [4.69, 9.17) is 14.2 Å². The first kappa shape index (κ1) is 34.9. The number of benzene rings is 2. The smallest absolute Gasteiger partial charge is 0.321 e. The van der Waals surface area contributed by atoms with Gasteiger partial charge in [-0.2, -0.15) is 0 Å². The molecule has 1 aliphatic rings. The Bertz CT molecular complexity index is 1350. The summed E-state index contributed by atoms with van der Waals surface area (Å²) < 4.78 is 43.9. The van der Waals surface area contributed by atoms with Crippen LogP contribution < -0.4 is 19.5 Å². The molecule has 0 aliphatic carbocycles. The SMILES string of the molecule is COc1ccc(NC(=O)N(C)C[C@@H]2OCCCC[C@@H](C)Oc3ccc(NS(C)(=O)=O)cc3C(=O)N([C@@H](C)CO)C[C@H]2C)cc1.